The van der Waals surface area contributed by atoms with Crippen molar-refractivity contribution in [1.29, 1.82) is 0 Å². The second-order valence-corrected chi connectivity index (χ2v) is 4.49. The molecule has 1 amide bonds. The van der Waals surface area contributed by atoms with Gasteiger partial charge in [0.2, 0.25) is 5.91 Å². The van der Waals surface area contributed by atoms with Crippen LogP contribution in [-0.4, -0.2) is 39.7 Å². The second kappa shape index (κ2) is 3.81. The van der Waals surface area contributed by atoms with E-state index in [0.717, 1.165) is 0 Å². The fourth-order valence-electron chi connectivity index (χ4n) is 1.56. The maximum absolute atomic E-state index is 11.5. The molecule has 0 aromatic rings. The molecule has 0 aromatic heterocycles. The van der Waals surface area contributed by atoms with Crippen molar-refractivity contribution in [2.75, 3.05) is 12.3 Å². The third-order valence-electron chi connectivity index (χ3n) is 2.66. The molecular formula is C9H15NO3S. The van der Waals surface area contributed by atoms with Crippen molar-refractivity contribution in [3.05, 3.63) is 0 Å². The first-order chi connectivity index (χ1) is 6.39. The van der Waals surface area contributed by atoms with E-state index < -0.39 is 11.5 Å². The van der Waals surface area contributed by atoms with Crippen molar-refractivity contribution < 1.29 is 14.7 Å². The lowest BCUT2D eigenvalue weighted by molar-refractivity contribution is -0.154. The average Bonchev–Trinajstić information content (AvgIpc) is 2.47. The average molecular weight is 217 g/mol. The smallest absolute Gasteiger partial charge is 0.329 e. The topological polar surface area (TPSA) is 57.6 Å². The summed E-state index contributed by atoms with van der Waals surface area (Å²) in [5, 5.41) is 8.97. The minimum absolute atomic E-state index is 0.0866. The number of amides is 1. The maximum atomic E-state index is 11.5. The monoisotopic (exact) mass is 217 g/mol. The molecule has 0 saturated carbocycles. The van der Waals surface area contributed by atoms with Crippen molar-refractivity contribution in [3.8, 4) is 0 Å². The van der Waals surface area contributed by atoms with Gasteiger partial charge in [-0.2, -0.15) is 12.6 Å². The quantitative estimate of drug-likeness (QED) is 0.682. The highest BCUT2D eigenvalue weighted by atomic mass is 32.1. The molecule has 0 aliphatic carbocycles. The molecule has 0 spiro atoms. The Kier molecular flexibility index (Phi) is 3.09. The molecule has 0 bridgehead atoms. The van der Waals surface area contributed by atoms with E-state index in [9.17, 15) is 9.59 Å². The van der Waals surface area contributed by atoms with Gasteiger partial charge in [-0.3, -0.25) is 4.79 Å². The van der Waals surface area contributed by atoms with Crippen LogP contribution in [0.1, 0.15) is 20.3 Å². The number of aliphatic carboxylic acids is 1. The molecule has 1 aliphatic rings. The molecule has 1 heterocycles. The number of carbonyl (C=O) groups excluding carboxylic acids is 1. The Morgan fingerprint density at radius 3 is 2.64 bits per heavy atom. The number of thiol groups is 1. The molecular weight excluding hydrogens is 202 g/mol. The molecule has 80 valence electrons. The summed E-state index contributed by atoms with van der Waals surface area (Å²) >= 11 is 4.12. The first-order valence-corrected chi connectivity index (χ1v) is 5.17. The predicted octanol–water partition coefficient (Wildman–Crippen LogP) is 0.628. The van der Waals surface area contributed by atoms with Gasteiger partial charge in [0.25, 0.3) is 0 Å². The van der Waals surface area contributed by atoms with Gasteiger partial charge < -0.3 is 10.0 Å². The Hall–Kier alpha value is -0.710. The Labute approximate surface area is 88.7 Å². The van der Waals surface area contributed by atoms with E-state index in [2.05, 4.69) is 12.6 Å². The van der Waals surface area contributed by atoms with E-state index in [1.165, 1.54) is 4.90 Å². The summed E-state index contributed by atoms with van der Waals surface area (Å²) in [6.07, 6.45) is 0.417. The lowest BCUT2D eigenvalue weighted by Crippen LogP contribution is -2.50. The molecule has 0 radical (unpaired) electrons. The Bertz CT molecular complexity index is 265. The Morgan fingerprint density at radius 2 is 2.29 bits per heavy atom. The predicted molar refractivity (Wildman–Crippen MR) is 55.4 cm³/mol. The number of hydrogen-bond acceptors (Lipinski definition) is 3. The molecule has 1 atom stereocenters. The maximum Gasteiger partial charge on any atom is 0.329 e. The molecule has 1 N–H and O–H groups in total. The van der Waals surface area contributed by atoms with Gasteiger partial charge in [0.1, 0.15) is 5.54 Å². The van der Waals surface area contributed by atoms with E-state index in [1.807, 2.05) is 0 Å². The number of carbonyl (C=O) groups is 2. The molecule has 1 aliphatic heterocycles. The van der Waals surface area contributed by atoms with Gasteiger partial charge in [-0.25, -0.2) is 4.79 Å². The summed E-state index contributed by atoms with van der Waals surface area (Å²) in [5.74, 6) is -0.246. The lowest BCUT2D eigenvalue weighted by atomic mass is 10.0. The summed E-state index contributed by atoms with van der Waals surface area (Å²) in [4.78, 5) is 23.9. The van der Waals surface area contributed by atoms with Crippen LogP contribution in [0, 0.1) is 5.92 Å². The number of rotatable bonds is 3. The number of likely N-dealkylation sites (tertiary alicyclic amines) is 1. The molecule has 14 heavy (non-hydrogen) atoms. The molecule has 1 unspecified atom stereocenters. The zero-order chi connectivity index (χ0) is 10.9. The van der Waals surface area contributed by atoms with Gasteiger partial charge >= 0.3 is 5.97 Å². The van der Waals surface area contributed by atoms with Crippen LogP contribution >= 0.6 is 12.6 Å². The van der Waals surface area contributed by atoms with Crippen molar-refractivity contribution >= 4 is 24.5 Å². The van der Waals surface area contributed by atoms with E-state index in [-0.39, 0.29) is 11.8 Å². The number of carboxylic acid groups (broad SMARTS) is 1. The minimum atomic E-state index is -1.10. The Morgan fingerprint density at radius 1 is 1.71 bits per heavy atom. The van der Waals surface area contributed by atoms with Gasteiger partial charge in [-0.05, 0) is 25.5 Å². The molecule has 4 nitrogen and oxygen atoms in total. The van der Waals surface area contributed by atoms with E-state index in [1.54, 1.807) is 13.8 Å². The molecule has 1 rings (SSSR count). The number of carboxylic acids is 1. The van der Waals surface area contributed by atoms with Crippen LogP contribution in [0.25, 0.3) is 0 Å². The van der Waals surface area contributed by atoms with Crippen LogP contribution in [0.4, 0.5) is 0 Å². The fraction of sp³-hybridized carbons (Fsp3) is 0.778. The van der Waals surface area contributed by atoms with Gasteiger partial charge in [-0.1, -0.05) is 0 Å². The highest BCUT2D eigenvalue weighted by Gasteiger charge is 2.42. The standard InChI is InChI=1S/C9H15NO3S/c1-9(2,8(12)13)10-4-6(5-14)3-7(10)11/h6,14H,3-5H2,1-2H3,(H,12,13). The first-order valence-electron chi connectivity index (χ1n) is 4.54. The summed E-state index contributed by atoms with van der Waals surface area (Å²) in [7, 11) is 0. The molecule has 5 heteroatoms. The van der Waals surface area contributed by atoms with Gasteiger partial charge in [-0.15, -0.1) is 0 Å². The third-order valence-corrected chi connectivity index (χ3v) is 3.18. The summed E-state index contributed by atoms with van der Waals surface area (Å²) in [6, 6.07) is 0. The van der Waals surface area contributed by atoms with E-state index in [0.29, 0.717) is 18.7 Å². The SMILES string of the molecule is CC(C)(C(=O)O)N1CC(CS)CC1=O. The summed E-state index contributed by atoms with van der Waals surface area (Å²) in [6.45, 7) is 3.60. The van der Waals surface area contributed by atoms with Crippen LogP contribution in [0.3, 0.4) is 0 Å². The zero-order valence-electron chi connectivity index (χ0n) is 8.36. The van der Waals surface area contributed by atoms with Crippen LogP contribution in [0.2, 0.25) is 0 Å². The molecule has 0 aromatic carbocycles. The van der Waals surface area contributed by atoms with Crippen LogP contribution < -0.4 is 0 Å². The third kappa shape index (κ3) is 1.87. The van der Waals surface area contributed by atoms with E-state index in [4.69, 9.17) is 5.11 Å². The highest BCUT2D eigenvalue weighted by molar-refractivity contribution is 7.80. The summed E-state index contributed by atoms with van der Waals surface area (Å²) in [5.41, 5.74) is -1.10. The highest BCUT2D eigenvalue weighted by Crippen LogP contribution is 2.26. The number of nitrogens with zero attached hydrogens (tertiary/aromatic N) is 1. The second-order valence-electron chi connectivity index (χ2n) is 4.12. The van der Waals surface area contributed by atoms with Gasteiger partial charge in [0.15, 0.2) is 0 Å². The van der Waals surface area contributed by atoms with Crippen molar-refractivity contribution in [3.63, 3.8) is 0 Å². The van der Waals surface area contributed by atoms with E-state index >= 15 is 0 Å². The van der Waals surface area contributed by atoms with Gasteiger partial charge in [0, 0.05) is 13.0 Å². The normalized spacial score (nSPS) is 22.9. The lowest BCUT2D eigenvalue weighted by Gasteiger charge is -2.31. The van der Waals surface area contributed by atoms with Crippen LogP contribution in [0.5, 0.6) is 0 Å². The number of hydrogen-bond donors (Lipinski definition) is 2. The van der Waals surface area contributed by atoms with Crippen LogP contribution in [-0.2, 0) is 9.59 Å². The molecule has 1 saturated heterocycles. The first kappa shape index (κ1) is 11.4. The van der Waals surface area contributed by atoms with Crippen molar-refractivity contribution in [2.24, 2.45) is 5.92 Å². The van der Waals surface area contributed by atoms with Gasteiger partial charge in [0.05, 0.1) is 0 Å². The van der Waals surface area contributed by atoms with Crippen molar-refractivity contribution in [1.82, 2.24) is 4.90 Å². The molecule has 1 fully saturated rings. The minimum Gasteiger partial charge on any atom is -0.480 e. The van der Waals surface area contributed by atoms with Crippen molar-refractivity contribution in [2.45, 2.75) is 25.8 Å². The largest absolute Gasteiger partial charge is 0.480 e. The zero-order valence-corrected chi connectivity index (χ0v) is 9.25. The Balaban J connectivity index is 2.80. The fourth-order valence-corrected chi connectivity index (χ4v) is 1.80. The summed E-state index contributed by atoms with van der Waals surface area (Å²) < 4.78 is 0. The van der Waals surface area contributed by atoms with Crippen LogP contribution in [0.15, 0.2) is 0 Å².